The van der Waals surface area contributed by atoms with Crippen LogP contribution >= 0.6 is 0 Å². The standard InChI is InChI=1S/C10H19N3O5S/c1-6(19(2)18)5-12-10(17)13-7(9(15)16)3-4-8(11)14/h6-7H,3-5H2,1-2H3,(H2,11,14)(H,15,16)(H2,12,13,17). The van der Waals surface area contributed by atoms with Gasteiger partial charge >= 0.3 is 12.0 Å². The maximum atomic E-state index is 11.4. The average molecular weight is 293 g/mol. The first kappa shape index (κ1) is 17.4. The van der Waals surface area contributed by atoms with Gasteiger partial charge in [0.25, 0.3) is 0 Å². The van der Waals surface area contributed by atoms with Crippen LogP contribution in [0.15, 0.2) is 0 Å². The maximum Gasteiger partial charge on any atom is 0.326 e. The van der Waals surface area contributed by atoms with Gasteiger partial charge in [-0.3, -0.25) is 9.00 Å². The zero-order chi connectivity index (χ0) is 15.0. The van der Waals surface area contributed by atoms with Crippen LogP contribution in [0.2, 0.25) is 0 Å². The highest BCUT2D eigenvalue weighted by molar-refractivity contribution is 7.84. The van der Waals surface area contributed by atoms with Crippen LogP contribution in [0.4, 0.5) is 4.79 Å². The second kappa shape index (κ2) is 8.46. The fourth-order valence-electron chi connectivity index (χ4n) is 1.11. The third-order valence-electron chi connectivity index (χ3n) is 2.40. The topological polar surface area (TPSA) is 139 Å². The molecule has 8 nitrogen and oxygen atoms in total. The highest BCUT2D eigenvalue weighted by atomic mass is 32.2. The van der Waals surface area contributed by atoms with Crippen molar-refractivity contribution in [3.8, 4) is 0 Å². The quantitative estimate of drug-likeness (QED) is 0.444. The number of carboxylic acid groups (broad SMARTS) is 1. The lowest BCUT2D eigenvalue weighted by Gasteiger charge is -2.15. The van der Waals surface area contributed by atoms with Gasteiger partial charge in [-0.25, -0.2) is 9.59 Å². The van der Waals surface area contributed by atoms with Crippen LogP contribution in [0.3, 0.4) is 0 Å². The van der Waals surface area contributed by atoms with Gasteiger partial charge in [0.1, 0.15) is 6.04 Å². The summed E-state index contributed by atoms with van der Waals surface area (Å²) in [5, 5.41) is 13.2. The Morgan fingerprint density at radius 3 is 2.37 bits per heavy atom. The summed E-state index contributed by atoms with van der Waals surface area (Å²) >= 11 is 0. The SMILES string of the molecule is CC(CNC(=O)NC(CCC(N)=O)C(=O)O)S(C)=O. The van der Waals surface area contributed by atoms with Crippen LogP contribution in [0.1, 0.15) is 19.8 Å². The van der Waals surface area contributed by atoms with Crippen LogP contribution in [0.5, 0.6) is 0 Å². The molecule has 0 fully saturated rings. The molecular formula is C10H19N3O5S. The molecule has 0 spiro atoms. The number of rotatable bonds is 8. The van der Waals surface area contributed by atoms with E-state index in [1.807, 2.05) is 0 Å². The minimum atomic E-state index is -1.25. The van der Waals surface area contributed by atoms with Crippen molar-refractivity contribution >= 4 is 28.7 Å². The zero-order valence-corrected chi connectivity index (χ0v) is 11.7. The molecule has 3 unspecified atom stereocenters. The van der Waals surface area contributed by atoms with Crippen LogP contribution < -0.4 is 16.4 Å². The molecule has 0 aromatic carbocycles. The van der Waals surface area contributed by atoms with E-state index in [2.05, 4.69) is 10.6 Å². The molecule has 19 heavy (non-hydrogen) atoms. The van der Waals surface area contributed by atoms with E-state index in [-0.39, 0.29) is 24.6 Å². The molecule has 0 radical (unpaired) electrons. The van der Waals surface area contributed by atoms with Crippen molar-refractivity contribution in [2.45, 2.75) is 31.1 Å². The van der Waals surface area contributed by atoms with Crippen molar-refractivity contribution < 1.29 is 23.7 Å². The van der Waals surface area contributed by atoms with Gasteiger partial charge in [0.05, 0.1) is 0 Å². The summed E-state index contributed by atoms with van der Waals surface area (Å²) in [7, 11) is -1.08. The van der Waals surface area contributed by atoms with E-state index in [0.29, 0.717) is 0 Å². The van der Waals surface area contributed by atoms with Gasteiger partial charge in [0.15, 0.2) is 0 Å². The van der Waals surface area contributed by atoms with E-state index < -0.39 is 34.7 Å². The highest BCUT2D eigenvalue weighted by Crippen LogP contribution is 1.97. The number of nitrogens with two attached hydrogens (primary N) is 1. The Kier molecular flexibility index (Phi) is 7.73. The molecule has 5 N–H and O–H groups in total. The summed E-state index contributed by atoms with van der Waals surface area (Å²) in [6, 6.07) is -1.87. The first-order chi connectivity index (χ1) is 8.73. The normalized spacial score (nSPS) is 15.1. The molecule has 0 bridgehead atoms. The average Bonchev–Trinajstić information content (AvgIpc) is 2.30. The molecule has 3 atom stereocenters. The zero-order valence-electron chi connectivity index (χ0n) is 10.8. The predicted molar refractivity (Wildman–Crippen MR) is 69.9 cm³/mol. The van der Waals surface area contributed by atoms with Gasteiger partial charge in [0.2, 0.25) is 5.91 Å². The highest BCUT2D eigenvalue weighted by Gasteiger charge is 2.20. The Bertz CT molecular complexity index is 374. The fourth-order valence-corrected chi connectivity index (χ4v) is 1.43. The number of nitrogens with one attached hydrogen (secondary N) is 2. The summed E-state index contributed by atoms with van der Waals surface area (Å²) in [6.45, 7) is 1.86. The third-order valence-corrected chi connectivity index (χ3v) is 3.70. The number of aliphatic carboxylic acids is 1. The number of primary amides is 1. The molecule has 110 valence electrons. The van der Waals surface area contributed by atoms with Crippen LogP contribution in [-0.4, -0.2) is 51.3 Å². The van der Waals surface area contributed by atoms with Crippen molar-refractivity contribution in [2.24, 2.45) is 5.73 Å². The van der Waals surface area contributed by atoms with Crippen LogP contribution in [0, 0.1) is 0 Å². The number of urea groups is 1. The molecule has 0 aliphatic heterocycles. The first-order valence-electron chi connectivity index (χ1n) is 5.61. The largest absolute Gasteiger partial charge is 0.480 e. The molecule has 0 rings (SSSR count). The van der Waals surface area contributed by atoms with Gasteiger partial charge in [0, 0.05) is 35.3 Å². The van der Waals surface area contributed by atoms with Gasteiger partial charge in [-0.1, -0.05) is 0 Å². The van der Waals surface area contributed by atoms with Crippen molar-refractivity contribution in [1.29, 1.82) is 0 Å². The molecule has 0 aromatic heterocycles. The molecule has 0 saturated heterocycles. The summed E-state index contributed by atoms with van der Waals surface area (Å²) in [5.74, 6) is -1.88. The van der Waals surface area contributed by atoms with E-state index in [1.54, 1.807) is 6.92 Å². The molecule has 0 heterocycles. The van der Waals surface area contributed by atoms with E-state index in [4.69, 9.17) is 10.8 Å². The van der Waals surface area contributed by atoms with E-state index in [0.717, 1.165) is 0 Å². The Morgan fingerprint density at radius 1 is 1.37 bits per heavy atom. The maximum absolute atomic E-state index is 11.4. The summed E-state index contributed by atoms with van der Waals surface area (Å²) in [6.07, 6.45) is 1.30. The molecule has 3 amide bonds. The molecule has 9 heteroatoms. The summed E-state index contributed by atoms with van der Waals surface area (Å²) < 4.78 is 11.1. The van der Waals surface area contributed by atoms with Crippen molar-refractivity contribution in [1.82, 2.24) is 10.6 Å². The van der Waals surface area contributed by atoms with Crippen molar-refractivity contribution in [2.75, 3.05) is 12.8 Å². The summed E-state index contributed by atoms with van der Waals surface area (Å²) in [5.41, 5.74) is 4.91. The lowest BCUT2D eigenvalue weighted by Crippen LogP contribution is -2.48. The number of hydrogen-bond acceptors (Lipinski definition) is 4. The Labute approximate surface area is 113 Å². The van der Waals surface area contributed by atoms with Gasteiger partial charge in [-0.05, 0) is 13.3 Å². The molecule has 0 saturated carbocycles. The van der Waals surface area contributed by atoms with E-state index in [9.17, 15) is 18.6 Å². The first-order valence-corrected chi connectivity index (χ1v) is 7.23. The molecule has 0 aliphatic carbocycles. The van der Waals surface area contributed by atoms with Gasteiger partial charge in [-0.2, -0.15) is 0 Å². The Hall–Kier alpha value is -1.64. The molecule has 0 aliphatic rings. The fraction of sp³-hybridized carbons (Fsp3) is 0.700. The van der Waals surface area contributed by atoms with E-state index in [1.165, 1.54) is 6.26 Å². The van der Waals surface area contributed by atoms with Crippen LogP contribution in [-0.2, 0) is 20.4 Å². The monoisotopic (exact) mass is 293 g/mol. The number of hydrogen-bond donors (Lipinski definition) is 4. The third kappa shape index (κ3) is 8.14. The number of carbonyl (C=O) groups excluding carboxylic acids is 2. The smallest absolute Gasteiger partial charge is 0.326 e. The predicted octanol–water partition coefficient (Wildman–Crippen LogP) is -1.23. The lowest BCUT2D eigenvalue weighted by atomic mass is 10.1. The Balaban J connectivity index is 4.20. The number of amides is 3. The van der Waals surface area contributed by atoms with Crippen molar-refractivity contribution in [3.05, 3.63) is 0 Å². The minimum absolute atomic E-state index is 0.0760. The lowest BCUT2D eigenvalue weighted by molar-refractivity contribution is -0.139. The molecular weight excluding hydrogens is 274 g/mol. The number of carbonyl (C=O) groups is 3. The molecule has 0 aromatic rings. The summed E-state index contributed by atoms with van der Waals surface area (Å²) in [4.78, 5) is 32.8. The van der Waals surface area contributed by atoms with Gasteiger partial charge in [-0.15, -0.1) is 0 Å². The van der Waals surface area contributed by atoms with Crippen molar-refractivity contribution in [3.63, 3.8) is 0 Å². The second-order valence-corrected chi connectivity index (χ2v) is 5.86. The Morgan fingerprint density at radius 2 is 1.95 bits per heavy atom. The van der Waals surface area contributed by atoms with Gasteiger partial charge < -0.3 is 21.5 Å². The second-order valence-electron chi connectivity index (χ2n) is 4.06. The number of carboxylic acids is 1. The van der Waals surface area contributed by atoms with E-state index >= 15 is 0 Å². The minimum Gasteiger partial charge on any atom is -0.480 e. The van der Waals surface area contributed by atoms with Crippen LogP contribution in [0.25, 0.3) is 0 Å².